The highest BCUT2D eigenvalue weighted by Crippen LogP contribution is 2.63. The van der Waals surface area contributed by atoms with Crippen LogP contribution in [-0.4, -0.2) is 46.3 Å². The average molecular weight is 614 g/mol. The number of halogens is 1. The van der Waals surface area contributed by atoms with Crippen molar-refractivity contribution in [1.82, 2.24) is 4.90 Å². The van der Waals surface area contributed by atoms with Gasteiger partial charge in [0.05, 0.1) is 12.0 Å². The normalized spacial score (nSPS) is 26.8. The number of allylic oxidation sites excluding steroid dienone is 2. The summed E-state index contributed by atoms with van der Waals surface area (Å²) in [5, 5.41) is 0. The summed E-state index contributed by atoms with van der Waals surface area (Å²) in [5.74, 6) is 1.69. The summed E-state index contributed by atoms with van der Waals surface area (Å²) in [6, 6.07) is 21.5. The number of sulfone groups is 1. The Kier molecular flexibility index (Phi) is 7.52. The van der Waals surface area contributed by atoms with Crippen LogP contribution in [0.15, 0.2) is 71.6 Å². The molecule has 3 aromatic rings. The van der Waals surface area contributed by atoms with Crippen molar-refractivity contribution in [3.05, 3.63) is 94.8 Å². The molecule has 2 saturated carbocycles. The van der Waals surface area contributed by atoms with Gasteiger partial charge in [-0.1, -0.05) is 43.2 Å². The van der Waals surface area contributed by atoms with Gasteiger partial charge in [-0.05, 0) is 146 Å². The molecule has 0 N–H and O–H groups in total. The van der Waals surface area contributed by atoms with E-state index in [1.54, 1.807) is 30.4 Å². The van der Waals surface area contributed by atoms with Gasteiger partial charge in [0.15, 0.2) is 9.84 Å². The molecule has 232 valence electrons. The second kappa shape index (κ2) is 11.1. The number of ether oxygens (including phenoxy) is 1. The van der Waals surface area contributed by atoms with Crippen molar-refractivity contribution in [1.29, 1.82) is 0 Å². The van der Waals surface area contributed by atoms with E-state index in [1.165, 1.54) is 87.4 Å². The number of hydrogen-bond donors (Lipinski definition) is 0. The molecular formula is C38H44FNO3S. The van der Waals surface area contributed by atoms with E-state index in [0.29, 0.717) is 15.7 Å². The average Bonchev–Trinajstić information content (AvgIpc) is 3.68. The lowest BCUT2D eigenvalue weighted by Gasteiger charge is -2.58. The number of nitrogens with zero attached hydrogens (tertiary/aromatic N) is 1. The first-order chi connectivity index (χ1) is 21.1. The molecule has 3 fully saturated rings. The van der Waals surface area contributed by atoms with Gasteiger partial charge in [0.1, 0.15) is 11.6 Å². The Morgan fingerprint density at radius 3 is 2.14 bits per heavy atom. The van der Waals surface area contributed by atoms with Crippen LogP contribution < -0.4 is 4.74 Å². The van der Waals surface area contributed by atoms with Gasteiger partial charge in [-0.2, -0.15) is 0 Å². The van der Waals surface area contributed by atoms with Gasteiger partial charge in [-0.25, -0.2) is 12.8 Å². The molecule has 1 spiro atoms. The summed E-state index contributed by atoms with van der Waals surface area (Å²) in [7, 11) is 0.939. The fourth-order valence-corrected chi connectivity index (χ4v) is 9.60. The number of likely N-dealkylation sites (N-methyl/N-ethyl adjacent to an activating group) is 1. The Hall–Kier alpha value is -2.96. The van der Waals surface area contributed by atoms with E-state index in [9.17, 15) is 12.8 Å². The Morgan fingerprint density at radius 2 is 1.52 bits per heavy atom. The fraction of sp³-hybridized carbons (Fsp3) is 0.474. The number of likely N-dealkylation sites (tertiary alicyclic amines) is 1. The number of piperidine rings is 1. The summed E-state index contributed by atoms with van der Waals surface area (Å²) < 4.78 is 42.0. The van der Waals surface area contributed by atoms with Crippen molar-refractivity contribution >= 4 is 21.0 Å². The van der Waals surface area contributed by atoms with Gasteiger partial charge in [0, 0.05) is 17.7 Å². The first kappa shape index (κ1) is 29.7. The Bertz CT molecular complexity index is 1690. The van der Waals surface area contributed by atoms with E-state index in [0.717, 1.165) is 41.7 Å². The second-order valence-electron chi connectivity index (χ2n) is 14.1. The van der Waals surface area contributed by atoms with Crippen LogP contribution in [-0.2, 0) is 21.7 Å². The Labute approximate surface area is 262 Å². The van der Waals surface area contributed by atoms with Crippen LogP contribution in [0.1, 0.15) is 80.0 Å². The first-order valence-electron chi connectivity index (χ1n) is 16.3. The van der Waals surface area contributed by atoms with Crippen LogP contribution in [0.2, 0.25) is 0 Å². The molecule has 4 nitrogen and oxygen atoms in total. The molecule has 2 bridgehead atoms. The smallest absolute Gasteiger partial charge is 0.175 e. The van der Waals surface area contributed by atoms with E-state index < -0.39 is 9.84 Å². The molecule has 5 aliphatic rings. The predicted octanol–water partition coefficient (Wildman–Crippen LogP) is 8.10. The number of benzene rings is 3. The molecular weight excluding hydrogens is 569 g/mol. The number of rotatable bonds is 4. The molecule has 0 aromatic heterocycles. The highest BCUT2D eigenvalue weighted by Gasteiger charge is 2.53. The lowest BCUT2D eigenvalue weighted by Crippen LogP contribution is -2.59. The standard InChI is InChI=1S/C20H19FO2S.C18H25NO/c1-24(22,23)17-8-4-15(5-9-17)19-13-20(10-11-20)12-18(19)14-2-6-16(21)7-3-14;1-19-10-9-18-8-4-3-5-15(18)17(19)11-13-6-7-14(20-2)12-16(13)18/h2-9H,10-13H2,1H3;6-7,12,15,17H,3-5,8-11H2,1-2H3/t;15-,17+,18+/m.1/s1. The molecule has 0 unspecified atom stereocenters. The van der Waals surface area contributed by atoms with Crippen LogP contribution in [0.4, 0.5) is 4.39 Å². The topological polar surface area (TPSA) is 46.6 Å². The Balaban J connectivity index is 0.000000144. The molecule has 1 saturated heterocycles. The van der Waals surface area contributed by atoms with Gasteiger partial charge in [0.25, 0.3) is 0 Å². The monoisotopic (exact) mass is 613 g/mol. The van der Waals surface area contributed by atoms with Crippen molar-refractivity contribution in [2.75, 3.05) is 27.0 Å². The van der Waals surface area contributed by atoms with E-state index >= 15 is 0 Å². The van der Waals surface area contributed by atoms with E-state index in [1.807, 2.05) is 24.3 Å². The van der Waals surface area contributed by atoms with Gasteiger partial charge >= 0.3 is 0 Å². The molecule has 44 heavy (non-hydrogen) atoms. The van der Waals surface area contributed by atoms with Crippen molar-refractivity contribution in [3.8, 4) is 5.75 Å². The third kappa shape index (κ3) is 5.32. The molecule has 8 rings (SSSR count). The maximum absolute atomic E-state index is 13.2. The SMILES string of the molecule is COc1ccc2c(c1)[C@]13CCCC[C@@H]1[C@H](C2)N(C)CC3.CS(=O)(=O)c1ccc(C2=C(c3ccc(F)cc3)CC3(CC3)C2)cc1. The van der Waals surface area contributed by atoms with Crippen molar-refractivity contribution in [3.63, 3.8) is 0 Å². The zero-order valence-corrected chi connectivity index (χ0v) is 27.1. The first-order valence-corrected chi connectivity index (χ1v) is 18.2. The van der Waals surface area contributed by atoms with Gasteiger partial charge < -0.3 is 9.64 Å². The highest BCUT2D eigenvalue weighted by atomic mass is 32.2. The molecule has 4 aliphatic carbocycles. The van der Waals surface area contributed by atoms with Crippen molar-refractivity contribution in [2.45, 2.75) is 80.6 Å². The van der Waals surface area contributed by atoms with Crippen LogP contribution in [0.5, 0.6) is 5.75 Å². The van der Waals surface area contributed by atoms with E-state index in [4.69, 9.17) is 4.74 Å². The summed E-state index contributed by atoms with van der Waals surface area (Å²) in [4.78, 5) is 2.97. The highest BCUT2D eigenvalue weighted by molar-refractivity contribution is 7.90. The largest absolute Gasteiger partial charge is 0.497 e. The van der Waals surface area contributed by atoms with E-state index in [-0.39, 0.29) is 5.82 Å². The number of methoxy groups -OCH3 is 1. The van der Waals surface area contributed by atoms with Crippen LogP contribution in [0.3, 0.4) is 0 Å². The third-order valence-electron chi connectivity index (χ3n) is 11.6. The molecule has 3 aromatic carbocycles. The van der Waals surface area contributed by atoms with E-state index in [2.05, 4.69) is 30.1 Å². The maximum Gasteiger partial charge on any atom is 0.175 e. The van der Waals surface area contributed by atoms with Gasteiger partial charge in [0.2, 0.25) is 0 Å². The Morgan fingerprint density at radius 1 is 0.864 bits per heavy atom. The summed E-state index contributed by atoms with van der Waals surface area (Å²) >= 11 is 0. The van der Waals surface area contributed by atoms with Crippen molar-refractivity contribution in [2.24, 2.45) is 11.3 Å². The minimum Gasteiger partial charge on any atom is -0.497 e. The maximum atomic E-state index is 13.2. The third-order valence-corrected chi connectivity index (χ3v) is 12.7. The number of hydrogen-bond acceptors (Lipinski definition) is 4. The quantitative estimate of drug-likeness (QED) is 0.298. The molecule has 1 aliphatic heterocycles. The second-order valence-corrected chi connectivity index (χ2v) is 16.2. The van der Waals surface area contributed by atoms with Crippen LogP contribution in [0.25, 0.3) is 11.1 Å². The fourth-order valence-electron chi connectivity index (χ4n) is 8.97. The molecule has 1 heterocycles. The minimum absolute atomic E-state index is 0.225. The summed E-state index contributed by atoms with van der Waals surface area (Å²) in [5.41, 5.74) is 8.75. The van der Waals surface area contributed by atoms with Gasteiger partial charge in [-0.3, -0.25) is 0 Å². The lowest BCUT2D eigenvalue weighted by atomic mass is 9.52. The number of fused-ring (bicyclic) bond motifs is 1. The lowest BCUT2D eigenvalue weighted by molar-refractivity contribution is 0.00274. The summed E-state index contributed by atoms with van der Waals surface area (Å²) in [6.45, 7) is 1.26. The van der Waals surface area contributed by atoms with Crippen molar-refractivity contribution < 1.29 is 17.5 Å². The zero-order chi connectivity index (χ0) is 30.7. The van der Waals surface area contributed by atoms with Gasteiger partial charge in [-0.15, -0.1) is 0 Å². The molecule has 3 atom stereocenters. The molecule has 0 amide bonds. The molecule has 6 heteroatoms. The minimum atomic E-state index is -3.18. The molecule has 0 radical (unpaired) electrons. The van der Waals surface area contributed by atoms with Crippen LogP contribution in [0, 0.1) is 17.2 Å². The zero-order valence-electron chi connectivity index (χ0n) is 26.2. The van der Waals surface area contributed by atoms with Crippen LogP contribution >= 0.6 is 0 Å². The predicted molar refractivity (Wildman–Crippen MR) is 175 cm³/mol. The summed E-state index contributed by atoms with van der Waals surface area (Å²) in [6.07, 6.45) is 14.0.